The number of halogens is 1. The molecule has 18 heavy (non-hydrogen) atoms. The second-order valence-corrected chi connectivity index (χ2v) is 5.30. The van der Waals surface area contributed by atoms with E-state index in [1.807, 2.05) is 37.4 Å². The van der Waals surface area contributed by atoms with Crippen LogP contribution in [-0.2, 0) is 0 Å². The summed E-state index contributed by atoms with van der Waals surface area (Å²) >= 11 is 1.75. The largest absolute Gasteiger partial charge is 0.318 e. The van der Waals surface area contributed by atoms with E-state index in [9.17, 15) is 4.39 Å². The number of hydrogen-bond donors (Lipinski definition) is 1. The molecule has 0 aliphatic rings. The lowest BCUT2D eigenvalue weighted by atomic mass is 10.1. The van der Waals surface area contributed by atoms with Gasteiger partial charge in [-0.25, -0.2) is 4.39 Å². The van der Waals surface area contributed by atoms with Gasteiger partial charge in [-0.05, 0) is 36.9 Å². The monoisotopic (exact) mass is 261 g/mol. The molecule has 0 aliphatic heterocycles. The minimum Gasteiger partial charge on any atom is -0.318 e. The fourth-order valence-electron chi connectivity index (χ4n) is 1.76. The van der Waals surface area contributed by atoms with Crippen molar-refractivity contribution >= 4 is 11.8 Å². The van der Waals surface area contributed by atoms with Gasteiger partial charge in [0, 0.05) is 16.7 Å². The molecule has 2 aromatic rings. The molecule has 2 rings (SSSR count). The average Bonchev–Trinajstić information content (AvgIpc) is 2.42. The molecule has 0 aliphatic carbocycles. The Balaban J connectivity index is 2.14. The molecule has 0 heterocycles. The zero-order valence-electron chi connectivity index (χ0n) is 10.3. The number of rotatable bonds is 5. The molecule has 0 saturated heterocycles. The van der Waals surface area contributed by atoms with Gasteiger partial charge in [0.2, 0.25) is 0 Å². The van der Waals surface area contributed by atoms with Crippen LogP contribution in [0.25, 0.3) is 0 Å². The van der Waals surface area contributed by atoms with Crippen molar-refractivity contribution in [2.75, 3.05) is 13.6 Å². The molecule has 0 aromatic heterocycles. The molecule has 1 N–H and O–H groups in total. The summed E-state index contributed by atoms with van der Waals surface area (Å²) in [5.41, 5.74) is 1.28. The predicted octanol–water partition coefficient (Wildman–Crippen LogP) is 3.88. The van der Waals surface area contributed by atoms with Crippen molar-refractivity contribution < 1.29 is 4.39 Å². The quantitative estimate of drug-likeness (QED) is 0.820. The Bertz CT molecular complexity index is 470. The summed E-state index contributed by atoms with van der Waals surface area (Å²) in [5, 5.41) is 3.54. The van der Waals surface area contributed by atoms with E-state index in [0.29, 0.717) is 5.25 Å². The number of likely N-dealkylation sites (N-methyl/N-ethyl adjacent to an activating group) is 1. The van der Waals surface area contributed by atoms with Crippen molar-refractivity contribution in [3.8, 4) is 0 Å². The molecular formula is C15H16FNS. The van der Waals surface area contributed by atoms with Gasteiger partial charge >= 0.3 is 0 Å². The van der Waals surface area contributed by atoms with Crippen LogP contribution < -0.4 is 5.32 Å². The third-order valence-corrected chi connectivity index (χ3v) is 3.92. The zero-order chi connectivity index (χ0) is 12.8. The molecule has 0 saturated carbocycles. The molecule has 0 spiro atoms. The molecule has 0 radical (unpaired) electrons. The average molecular weight is 261 g/mol. The lowest BCUT2D eigenvalue weighted by molar-refractivity contribution is 0.626. The first-order chi connectivity index (χ1) is 8.79. The molecule has 1 unspecified atom stereocenters. The van der Waals surface area contributed by atoms with E-state index in [2.05, 4.69) is 17.4 Å². The second kappa shape index (κ2) is 6.57. The van der Waals surface area contributed by atoms with Crippen LogP contribution in [0.5, 0.6) is 0 Å². The Morgan fingerprint density at radius 2 is 1.72 bits per heavy atom. The topological polar surface area (TPSA) is 12.0 Å². The Labute approximate surface area is 111 Å². The van der Waals surface area contributed by atoms with Gasteiger partial charge in [0.1, 0.15) is 5.82 Å². The molecule has 1 atom stereocenters. The third kappa shape index (κ3) is 3.59. The molecule has 94 valence electrons. The Hall–Kier alpha value is -1.32. The van der Waals surface area contributed by atoms with Gasteiger partial charge in [0.25, 0.3) is 0 Å². The minimum atomic E-state index is -0.191. The molecule has 0 bridgehead atoms. The van der Waals surface area contributed by atoms with E-state index >= 15 is 0 Å². The number of benzene rings is 2. The van der Waals surface area contributed by atoms with E-state index in [4.69, 9.17) is 0 Å². The standard InChI is InChI=1S/C15H16FNS/c1-17-11-15(12-5-3-2-4-6-12)18-14-9-7-13(16)8-10-14/h2-10,15,17H,11H2,1H3. The van der Waals surface area contributed by atoms with Crippen molar-refractivity contribution in [1.29, 1.82) is 0 Å². The fraction of sp³-hybridized carbons (Fsp3) is 0.200. The molecule has 2 aromatic carbocycles. The molecule has 1 nitrogen and oxygen atoms in total. The Morgan fingerprint density at radius 1 is 1.06 bits per heavy atom. The maximum absolute atomic E-state index is 12.9. The summed E-state index contributed by atoms with van der Waals surface area (Å²) in [5.74, 6) is -0.191. The number of nitrogens with one attached hydrogen (secondary N) is 1. The van der Waals surface area contributed by atoms with Crippen molar-refractivity contribution in [3.63, 3.8) is 0 Å². The van der Waals surface area contributed by atoms with Crippen molar-refractivity contribution in [2.24, 2.45) is 0 Å². The predicted molar refractivity (Wildman–Crippen MR) is 75.4 cm³/mol. The van der Waals surface area contributed by atoms with Gasteiger partial charge in [0.05, 0.1) is 0 Å². The molecule has 0 fully saturated rings. The van der Waals surface area contributed by atoms with Crippen molar-refractivity contribution in [1.82, 2.24) is 5.32 Å². The first-order valence-corrected chi connectivity index (χ1v) is 6.79. The van der Waals surface area contributed by atoms with E-state index < -0.39 is 0 Å². The van der Waals surface area contributed by atoms with E-state index in [-0.39, 0.29) is 5.82 Å². The highest BCUT2D eigenvalue weighted by Gasteiger charge is 2.11. The van der Waals surface area contributed by atoms with Crippen LogP contribution in [0.15, 0.2) is 59.5 Å². The Kier molecular flexibility index (Phi) is 4.79. The summed E-state index contributed by atoms with van der Waals surface area (Å²) in [6.45, 7) is 0.881. The zero-order valence-corrected chi connectivity index (χ0v) is 11.1. The van der Waals surface area contributed by atoms with Crippen molar-refractivity contribution in [2.45, 2.75) is 10.1 Å². The van der Waals surface area contributed by atoms with Crippen LogP contribution in [0.2, 0.25) is 0 Å². The first kappa shape index (κ1) is 13.1. The lowest BCUT2D eigenvalue weighted by Gasteiger charge is -2.16. The Morgan fingerprint density at radius 3 is 2.33 bits per heavy atom. The van der Waals surface area contributed by atoms with E-state index in [1.54, 1.807) is 11.8 Å². The van der Waals surface area contributed by atoms with Crippen molar-refractivity contribution in [3.05, 3.63) is 66.0 Å². The maximum Gasteiger partial charge on any atom is 0.123 e. The molecule has 0 amide bonds. The van der Waals surface area contributed by atoms with Crippen LogP contribution in [0.3, 0.4) is 0 Å². The number of hydrogen-bond acceptors (Lipinski definition) is 2. The molecular weight excluding hydrogens is 245 g/mol. The fourth-order valence-corrected chi connectivity index (χ4v) is 2.92. The third-order valence-electron chi connectivity index (χ3n) is 2.65. The van der Waals surface area contributed by atoms with Gasteiger partial charge in [-0.3, -0.25) is 0 Å². The minimum absolute atomic E-state index is 0.191. The first-order valence-electron chi connectivity index (χ1n) is 5.91. The van der Waals surface area contributed by atoms with Crippen LogP contribution in [-0.4, -0.2) is 13.6 Å². The van der Waals surface area contributed by atoms with Crippen LogP contribution >= 0.6 is 11.8 Å². The summed E-state index contributed by atoms with van der Waals surface area (Å²) in [7, 11) is 1.95. The highest BCUT2D eigenvalue weighted by Crippen LogP contribution is 2.34. The summed E-state index contributed by atoms with van der Waals surface area (Å²) < 4.78 is 12.9. The van der Waals surface area contributed by atoms with Gasteiger partial charge in [-0.2, -0.15) is 0 Å². The van der Waals surface area contributed by atoms with Crippen LogP contribution in [0.1, 0.15) is 10.8 Å². The van der Waals surface area contributed by atoms with Crippen LogP contribution in [0, 0.1) is 5.82 Å². The van der Waals surface area contributed by atoms with Gasteiger partial charge in [-0.1, -0.05) is 30.3 Å². The van der Waals surface area contributed by atoms with Crippen LogP contribution in [0.4, 0.5) is 4.39 Å². The SMILES string of the molecule is CNCC(Sc1ccc(F)cc1)c1ccccc1. The highest BCUT2D eigenvalue weighted by molar-refractivity contribution is 7.99. The van der Waals surface area contributed by atoms with E-state index in [0.717, 1.165) is 11.4 Å². The van der Waals surface area contributed by atoms with Gasteiger partial charge in [-0.15, -0.1) is 11.8 Å². The van der Waals surface area contributed by atoms with Gasteiger partial charge < -0.3 is 5.32 Å². The second-order valence-electron chi connectivity index (χ2n) is 4.03. The van der Waals surface area contributed by atoms with Gasteiger partial charge in [0.15, 0.2) is 0 Å². The summed E-state index contributed by atoms with van der Waals surface area (Å²) in [6, 6.07) is 17.0. The number of thioether (sulfide) groups is 1. The lowest BCUT2D eigenvalue weighted by Crippen LogP contribution is -2.14. The highest BCUT2D eigenvalue weighted by atomic mass is 32.2. The normalized spacial score (nSPS) is 12.3. The summed E-state index contributed by atoms with van der Waals surface area (Å²) in [4.78, 5) is 1.08. The smallest absolute Gasteiger partial charge is 0.123 e. The molecule has 3 heteroatoms. The summed E-state index contributed by atoms with van der Waals surface area (Å²) in [6.07, 6.45) is 0. The maximum atomic E-state index is 12.9. The van der Waals surface area contributed by atoms with E-state index in [1.165, 1.54) is 17.7 Å².